The average Bonchev–Trinajstić information content (AvgIpc) is 3.36. The van der Waals surface area contributed by atoms with Crippen molar-refractivity contribution in [1.29, 1.82) is 0 Å². The number of anilines is 1. The lowest BCUT2D eigenvalue weighted by Gasteiger charge is -2.19. The van der Waals surface area contributed by atoms with Gasteiger partial charge in [-0.25, -0.2) is 4.98 Å². The molecule has 2 nitrogen and oxygen atoms in total. The third-order valence-corrected chi connectivity index (χ3v) is 6.99. The van der Waals surface area contributed by atoms with Gasteiger partial charge in [0, 0.05) is 10.9 Å². The first kappa shape index (κ1) is 17.3. The summed E-state index contributed by atoms with van der Waals surface area (Å²) in [5, 5.41) is 8.84. The zero-order valence-corrected chi connectivity index (χ0v) is 16.7. The van der Waals surface area contributed by atoms with E-state index in [0.29, 0.717) is 0 Å². The third-order valence-electron chi connectivity index (χ3n) is 4.13. The molecule has 1 N–H and O–H groups in total. The molecule has 26 heavy (non-hydrogen) atoms. The first-order valence-corrected chi connectivity index (χ1v) is 11.3. The highest BCUT2D eigenvalue weighted by atomic mass is 32.2. The molecule has 0 saturated heterocycles. The van der Waals surface area contributed by atoms with Gasteiger partial charge in [-0.2, -0.15) is 0 Å². The van der Waals surface area contributed by atoms with E-state index in [0.717, 1.165) is 10.8 Å². The van der Waals surface area contributed by atoms with Crippen molar-refractivity contribution in [3.63, 3.8) is 0 Å². The summed E-state index contributed by atoms with van der Waals surface area (Å²) in [7, 11) is 0. The van der Waals surface area contributed by atoms with E-state index < -0.39 is 0 Å². The summed E-state index contributed by atoms with van der Waals surface area (Å²) in [5.74, 6) is 0. The highest BCUT2D eigenvalue weighted by Gasteiger charge is 2.16. The molecular weight excluding hydrogens is 376 g/mol. The van der Waals surface area contributed by atoms with Crippen LogP contribution in [0, 0.1) is 0 Å². The number of nitrogens with zero attached hydrogens (tertiary/aromatic N) is 1. The number of nitrogens with one attached hydrogen (secondary N) is 1. The molecule has 0 saturated carbocycles. The van der Waals surface area contributed by atoms with E-state index in [-0.39, 0.29) is 6.04 Å². The molecule has 2 aromatic heterocycles. The zero-order valence-electron chi connectivity index (χ0n) is 14.3. The Hall–Kier alpha value is -2.08. The van der Waals surface area contributed by atoms with Crippen LogP contribution in [0.1, 0.15) is 17.2 Å². The molecule has 0 aliphatic carbocycles. The molecule has 0 aliphatic heterocycles. The van der Waals surface area contributed by atoms with E-state index in [4.69, 9.17) is 4.98 Å². The second kappa shape index (κ2) is 8.08. The van der Waals surface area contributed by atoms with E-state index in [1.807, 2.05) is 12.1 Å². The standard InChI is InChI=1S/C21H18N2S3/c1-24-20-17(12-13-25-20)18-14-26-21(22-18)23-19(15-8-4-2-5-9-15)16-10-6-3-7-11-16/h2-14,19H,1H3,(H,22,23). The minimum atomic E-state index is 0.0823. The van der Waals surface area contributed by atoms with E-state index in [2.05, 4.69) is 76.9 Å². The Balaban J connectivity index is 1.65. The fourth-order valence-corrected chi connectivity index (χ4v) is 5.19. The quantitative estimate of drug-likeness (QED) is 0.364. The van der Waals surface area contributed by atoms with E-state index in [1.165, 1.54) is 20.9 Å². The maximum atomic E-state index is 4.85. The van der Waals surface area contributed by atoms with Crippen LogP contribution in [0.4, 0.5) is 5.13 Å². The summed E-state index contributed by atoms with van der Waals surface area (Å²) < 4.78 is 1.31. The summed E-state index contributed by atoms with van der Waals surface area (Å²) in [6, 6.07) is 23.3. The van der Waals surface area contributed by atoms with Crippen molar-refractivity contribution in [1.82, 2.24) is 4.98 Å². The van der Waals surface area contributed by atoms with Crippen molar-refractivity contribution in [3.8, 4) is 11.3 Å². The van der Waals surface area contributed by atoms with Gasteiger partial charge in [0.25, 0.3) is 0 Å². The Labute approximate surface area is 166 Å². The van der Waals surface area contributed by atoms with Crippen molar-refractivity contribution in [3.05, 3.63) is 88.6 Å². The Morgan fingerprint density at radius 2 is 1.54 bits per heavy atom. The van der Waals surface area contributed by atoms with Crippen LogP contribution in [0.3, 0.4) is 0 Å². The molecule has 0 bridgehead atoms. The number of thiophene rings is 1. The molecule has 0 aliphatic rings. The summed E-state index contributed by atoms with van der Waals surface area (Å²) in [6.45, 7) is 0. The van der Waals surface area contributed by atoms with Crippen molar-refractivity contribution in [2.45, 2.75) is 10.3 Å². The largest absolute Gasteiger partial charge is 0.351 e. The van der Waals surface area contributed by atoms with Gasteiger partial charge in [0.1, 0.15) is 0 Å². The molecule has 130 valence electrons. The predicted octanol–water partition coefficient (Wildman–Crippen LogP) is 6.80. The molecule has 0 radical (unpaired) electrons. The van der Waals surface area contributed by atoms with Gasteiger partial charge in [-0.15, -0.1) is 34.4 Å². The van der Waals surface area contributed by atoms with Gasteiger partial charge in [-0.3, -0.25) is 0 Å². The first-order valence-electron chi connectivity index (χ1n) is 8.29. The van der Waals surface area contributed by atoms with Crippen LogP contribution in [0.5, 0.6) is 0 Å². The fraction of sp³-hybridized carbons (Fsp3) is 0.0952. The lowest BCUT2D eigenvalue weighted by molar-refractivity contribution is 0.935. The van der Waals surface area contributed by atoms with Gasteiger partial charge < -0.3 is 5.32 Å². The Kier molecular flexibility index (Phi) is 5.39. The molecule has 0 amide bonds. The molecule has 4 rings (SSSR count). The van der Waals surface area contributed by atoms with E-state index in [1.54, 1.807) is 34.4 Å². The summed E-state index contributed by atoms with van der Waals surface area (Å²) in [4.78, 5) is 4.85. The predicted molar refractivity (Wildman–Crippen MR) is 116 cm³/mol. The Morgan fingerprint density at radius 3 is 2.15 bits per heavy atom. The minimum Gasteiger partial charge on any atom is -0.351 e. The second-order valence-electron chi connectivity index (χ2n) is 5.76. The van der Waals surface area contributed by atoms with Crippen LogP contribution >= 0.6 is 34.4 Å². The van der Waals surface area contributed by atoms with E-state index in [9.17, 15) is 0 Å². The van der Waals surface area contributed by atoms with Crippen LogP contribution < -0.4 is 5.32 Å². The average molecular weight is 395 g/mol. The summed E-state index contributed by atoms with van der Waals surface area (Å²) >= 11 is 5.20. The Morgan fingerprint density at radius 1 is 0.885 bits per heavy atom. The van der Waals surface area contributed by atoms with Gasteiger partial charge in [-0.05, 0) is 28.8 Å². The Bertz CT molecular complexity index is 922. The van der Waals surface area contributed by atoms with Crippen molar-refractivity contribution in [2.75, 3.05) is 11.6 Å². The molecule has 2 aromatic carbocycles. The number of aromatic nitrogens is 1. The molecule has 0 spiro atoms. The highest BCUT2D eigenvalue weighted by Crippen LogP contribution is 2.37. The smallest absolute Gasteiger partial charge is 0.183 e. The second-order valence-corrected chi connectivity index (χ2v) is 8.61. The van der Waals surface area contributed by atoms with Gasteiger partial charge in [0.15, 0.2) is 5.13 Å². The number of thioether (sulfide) groups is 1. The van der Waals surface area contributed by atoms with Gasteiger partial charge in [0.2, 0.25) is 0 Å². The van der Waals surface area contributed by atoms with E-state index >= 15 is 0 Å². The van der Waals surface area contributed by atoms with Crippen LogP contribution in [0.2, 0.25) is 0 Å². The van der Waals surface area contributed by atoms with Crippen LogP contribution in [-0.4, -0.2) is 11.2 Å². The maximum Gasteiger partial charge on any atom is 0.183 e. The van der Waals surface area contributed by atoms with Crippen molar-refractivity contribution in [2.24, 2.45) is 0 Å². The zero-order chi connectivity index (χ0) is 17.8. The number of hydrogen-bond acceptors (Lipinski definition) is 5. The molecular formula is C21H18N2S3. The van der Waals surface area contributed by atoms with Crippen LogP contribution in [0.15, 0.2) is 81.7 Å². The molecule has 5 heteroatoms. The summed E-state index contributed by atoms with van der Waals surface area (Å²) in [6.07, 6.45) is 2.11. The van der Waals surface area contributed by atoms with Crippen LogP contribution in [0.25, 0.3) is 11.3 Å². The number of thiazole rings is 1. The van der Waals surface area contributed by atoms with Gasteiger partial charge >= 0.3 is 0 Å². The molecule has 0 unspecified atom stereocenters. The molecule has 4 aromatic rings. The minimum absolute atomic E-state index is 0.0823. The SMILES string of the molecule is CSc1sccc1-c1csc(NC(c2ccccc2)c2ccccc2)n1. The summed E-state index contributed by atoms with van der Waals surface area (Å²) in [5.41, 5.74) is 4.73. The lowest BCUT2D eigenvalue weighted by Crippen LogP contribution is -2.12. The number of benzene rings is 2. The maximum absolute atomic E-state index is 4.85. The molecule has 2 heterocycles. The number of rotatable bonds is 6. The molecule has 0 fully saturated rings. The normalized spacial score (nSPS) is 11.0. The van der Waals surface area contributed by atoms with Crippen molar-refractivity contribution >= 4 is 39.6 Å². The highest BCUT2D eigenvalue weighted by molar-refractivity contribution is 8.00. The topological polar surface area (TPSA) is 24.9 Å². The van der Waals surface area contributed by atoms with Gasteiger partial charge in [0.05, 0.1) is 15.9 Å². The van der Waals surface area contributed by atoms with Crippen LogP contribution in [-0.2, 0) is 0 Å². The lowest BCUT2D eigenvalue weighted by atomic mass is 9.99. The number of hydrogen-bond donors (Lipinski definition) is 1. The van der Waals surface area contributed by atoms with Gasteiger partial charge in [-0.1, -0.05) is 60.7 Å². The molecule has 0 atom stereocenters. The third kappa shape index (κ3) is 3.70. The fourth-order valence-electron chi connectivity index (χ4n) is 2.88. The van der Waals surface area contributed by atoms with Crippen molar-refractivity contribution < 1.29 is 0 Å². The first-order chi connectivity index (χ1) is 12.8. The monoisotopic (exact) mass is 394 g/mol.